The molecule has 4 aliphatic carbocycles. The van der Waals surface area contributed by atoms with Gasteiger partial charge in [0.25, 0.3) is 0 Å². The number of hydrogen-bond donors (Lipinski definition) is 1. The molecule has 1 N–H and O–H groups in total. The van der Waals surface area contributed by atoms with E-state index in [2.05, 4.69) is 6.92 Å². The molecule has 29 heavy (non-hydrogen) atoms. The zero-order valence-corrected chi connectivity index (χ0v) is 17.3. The molecule has 0 aromatic heterocycles. The Morgan fingerprint density at radius 2 is 1.90 bits per heavy atom. The molecule has 6 atom stereocenters. The van der Waals surface area contributed by atoms with Gasteiger partial charge in [-0.25, -0.2) is 9.18 Å². The average Bonchev–Trinajstić information content (AvgIpc) is 3.04. The molecule has 4 rings (SSSR count). The first-order valence-corrected chi connectivity index (χ1v) is 10.9. The van der Waals surface area contributed by atoms with Crippen LogP contribution in [-0.2, 0) is 19.1 Å². The Morgan fingerprint density at radius 3 is 2.62 bits per heavy atom. The van der Waals surface area contributed by atoms with Crippen LogP contribution in [0.2, 0.25) is 0 Å². The summed E-state index contributed by atoms with van der Waals surface area (Å²) in [6, 6.07) is 0. The van der Waals surface area contributed by atoms with E-state index in [-0.39, 0.29) is 41.3 Å². The van der Waals surface area contributed by atoms with E-state index in [0.29, 0.717) is 32.1 Å². The maximum atomic E-state index is 16.8. The van der Waals surface area contributed by atoms with Crippen LogP contribution in [-0.4, -0.2) is 41.5 Å². The molecule has 3 fully saturated rings. The summed E-state index contributed by atoms with van der Waals surface area (Å²) in [5, 5.41) is 8.79. The molecule has 0 aromatic rings. The Morgan fingerprint density at radius 1 is 1.14 bits per heavy atom. The van der Waals surface area contributed by atoms with Gasteiger partial charge in [0.2, 0.25) is 0 Å². The summed E-state index contributed by atoms with van der Waals surface area (Å²) in [5.74, 6) is -1.01. The predicted octanol–water partition coefficient (Wildman–Crippen LogP) is 3.33. The second-order valence-corrected chi connectivity index (χ2v) is 10.0. The third-order valence-corrected chi connectivity index (χ3v) is 8.96. The van der Waals surface area contributed by atoms with Crippen LogP contribution in [0.25, 0.3) is 0 Å². The predicted molar refractivity (Wildman–Crippen MR) is 104 cm³/mol. The number of halogens is 1. The summed E-state index contributed by atoms with van der Waals surface area (Å²) in [6.07, 6.45) is 6.73. The largest absolute Gasteiger partial charge is 0.456 e. The molecule has 0 aliphatic heterocycles. The van der Waals surface area contributed by atoms with Gasteiger partial charge < -0.3 is 9.84 Å². The number of aliphatic hydroxyl groups is 1. The van der Waals surface area contributed by atoms with Crippen LogP contribution in [0.1, 0.15) is 65.2 Å². The summed E-state index contributed by atoms with van der Waals surface area (Å²) >= 11 is 0. The van der Waals surface area contributed by atoms with E-state index < -0.39 is 23.7 Å². The van der Waals surface area contributed by atoms with Crippen molar-refractivity contribution in [1.29, 1.82) is 0 Å². The summed E-state index contributed by atoms with van der Waals surface area (Å²) < 4.78 is 21.6. The van der Waals surface area contributed by atoms with Gasteiger partial charge in [-0.1, -0.05) is 19.4 Å². The lowest BCUT2D eigenvalue weighted by atomic mass is 9.45. The van der Waals surface area contributed by atoms with Crippen LogP contribution in [0.4, 0.5) is 4.39 Å². The molecule has 0 unspecified atom stereocenters. The highest BCUT2D eigenvalue weighted by atomic mass is 19.1. The van der Waals surface area contributed by atoms with E-state index in [9.17, 15) is 14.4 Å². The van der Waals surface area contributed by atoms with E-state index in [1.165, 1.54) is 0 Å². The standard InChI is InChI=1S/C23H31FO5/c1-21-9-10-23(24)17(4-3-14-11-15(26)7-8-22(14,23)2)16(21)5-6-18(21)19(27)13-29-20(28)12-25/h11,16-18,25H,3-10,12-13H2,1-2H3/t16-,17-,18+,21-,22-,23+/m0/s1. The highest BCUT2D eigenvalue weighted by molar-refractivity contribution is 5.91. The minimum atomic E-state index is -1.33. The average molecular weight is 406 g/mol. The van der Waals surface area contributed by atoms with Crippen LogP contribution < -0.4 is 0 Å². The fourth-order valence-electron chi connectivity index (χ4n) is 7.28. The quantitative estimate of drug-likeness (QED) is 0.725. The smallest absolute Gasteiger partial charge is 0.332 e. The number of carbonyl (C=O) groups is 3. The highest BCUT2D eigenvalue weighted by Gasteiger charge is 2.67. The molecule has 4 aliphatic rings. The minimum absolute atomic E-state index is 0.102. The lowest BCUT2D eigenvalue weighted by Crippen LogP contribution is -2.61. The molecule has 5 nitrogen and oxygen atoms in total. The van der Waals surface area contributed by atoms with Crippen molar-refractivity contribution in [3.8, 4) is 0 Å². The first-order chi connectivity index (χ1) is 13.7. The van der Waals surface area contributed by atoms with Gasteiger partial charge in [0.05, 0.1) is 0 Å². The third-order valence-electron chi connectivity index (χ3n) is 8.96. The van der Waals surface area contributed by atoms with Crippen LogP contribution in [0.15, 0.2) is 11.6 Å². The van der Waals surface area contributed by atoms with Crippen molar-refractivity contribution >= 4 is 17.5 Å². The number of fused-ring (bicyclic) bond motifs is 5. The fraction of sp³-hybridized carbons (Fsp3) is 0.783. The topological polar surface area (TPSA) is 80.7 Å². The number of alkyl halides is 1. The number of esters is 1. The Hall–Kier alpha value is -1.56. The Kier molecular flexibility index (Phi) is 5.00. The Labute approximate surface area is 171 Å². The summed E-state index contributed by atoms with van der Waals surface area (Å²) in [7, 11) is 0. The highest BCUT2D eigenvalue weighted by Crippen LogP contribution is 2.69. The number of hydrogen-bond acceptors (Lipinski definition) is 5. The number of rotatable bonds is 4. The zero-order chi connectivity index (χ0) is 21.0. The first-order valence-electron chi connectivity index (χ1n) is 10.9. The van der Waals surface area contributed by atoms with Crippen molar-refractivity contribution in [2.45, 2.75) is 70.9 Å². The maximum absolute atomic E-state index is 16.8. The number of allylic oxidation sites excluding steroid dienone is 1. The van der Waals surface area contributed by atoms with Crippen LogP contribution in [0.5, 0.6) is 0 Å². The minimum Gasteiger partial charge on any atom is -0.456 e. The van der Waals surface area contributed by atoms with Crippen LogP contribution in [0.3, 0.4) is 0 Å². The number of ketones is 2. The molecule has 0 bridgehead atoms. The monoisotopic (exact) mass is 406 g/mol. The Bertz CT molecular complexity index is 775. The number of aliphatic hydroxyl groups excluding tert-OH is 1. The van der Waals surface area contributed by atoms with Crippen molar-refractivity contribution in [3.63, 3.8) is 0 Å². The second-order valence-electron chi connectivity index (χ2n) is 10.0. The SMILES string of the molecule is C[C@]12CC[C@@]3(F)[C@@H](CCC4=CC(=O)CC[C@@]43C)[C@@H]1CC[C@@H]2C(=O)COC(=O)CO. The number of ether oxygens (including phenoxy) is 1. The molecular formula is C23H31FO5. The number of Topliss-reactive ketones (excluding diaryl/α,β-unsaturated/α-hetero) is 1. The van der Waals surface area contributed by atoms with Gasteiger partial charge in [-0.2, -0.15) is 0 Å². The van der Waals surface area contributed by atoms with Crippen molar-refractivity contribution in [2.24, 2.45) is 28.6 Å². The van der Waals surface area contributed by atoms with Gasteiger partial charge in [-0.15, -0.1) is 0 Å². The summed E-state index contributed by atoms with van der Waals surface area (Å²) in [4.78, 5) is 35.9. The maximum Gasteiger partial charge on any atom is 0.332 e. The molecule has 0 spiro atoms. The lowest BCUT2D eigenvalue weighted by Gasteiger charge is -2.61. The molecule has 0 heterocycles. The van der Waals surface area contributed by atoms with Crippen molar-refractivity contribution in [3.05, 3.63) is 11.6 Å². The molecule has 0 radical (unpaired) electrons. The molecule has 3 saturated carbocycles. The lowest BCUT2D eigenvalue weighted by molar-refractivity contribution is -0.159. The molecular weight excluding hydrogens is 375 g/mol. The van der Waals surface area contributed by atoms with Gasteiger partial charge in [0.1, 0.15) is 18.9 Å². The zero-order valence-electron chi connectivity index (χ0n) is 17.3. The van der Waals surface area contributed by atoms with E-state index in [1.807, 2.05) is 6.92 Å². The molecule has 0 aromatic carbocycles. The van der Waals surface area contributed by atoms with Gasteiger partial charge in [0.15, 0.2) is 11.6 Å². The van der Waals surface area contributed by atoms with Crippen LogP contribution >= 0.6 is 0 Å². The molecule has 0 saturated heterocycles. The normalized spacial score (nSPS) is 43.7. The van der Waals surface area contributed by atoms with Gasteiger partial charge in [0, 0.05) is 17.8 Å². The Balaban J connectivity index is 1.58. The van der Waals surface area contributed by atoms with E-state index in [0.717, 1.165) is 24.8 Å². The summed E-state index contributed by atoms with van der Waals surface area (Å²) in [6.45, 7) is 3.07. The second kappa shape index (κ2) is 7.00. The van der Waals surface area contributed by atoms with Gasteiger partial charge >= 0.3 is 5.97 Å². The fourth-order valence-corrected chi connectivity index (χ4v) is 7.28. The first kappa shape index (κ1) is 20.7. The summed E-state index contributed by atoms with van der Waals surface area (Å²) in [5.41, 5.74) is -1.21. The van der Waals surface area contributed by atoms with Crippen molar-refractivity contribution in [1.82, 2.24) is 0 Å². The van der Waals surface area contributed by atoms with E-state index in [4.69, 9.17) is 9.84 Å². The van der Waals surface area contributed by atoms with Crippen molar-refractivity contribution < 1.29 is 28.6 Å². The van der Waals surface area contributed by atoms with E-state index >= 15 is 4.39 Å². The third kappa shape index (κ3) is 2.93. The molecule has 160 valence electrons. The molecule has 6 heteroatoms. The number of carbonyl (C=O) groups excluding carboxylic acids is 3. The molecule has 0 amide bonds. The van der Waals surface area contributed by atoms with Crippen molar-refractivity contribution in [2.75, 3.05) is 13.2 Å². The van der Waals surface area contributed by atoms with Crippen LogP contribution in [0, 0.1) is 28.6 Å². The van der Waals surface area contributed by atoms with Gasteiger partial charge in [-0.3, -0.25) is 9.59 Å². The van der Waals surface area contributed by atoms with Gasteiger partial charge in [-0.05, 0) is 68.3 Å². The van der Waals surface area contributed by atoms with E-state index in [1.54, 1.807) is 6.08 Å².